The van der Waals surface area contributed by atoms with Crippen molar-refractivity contribution in [2.45, 2.75) is 13.0 Å². The Hall–Kier alpha value is -2.07. The third-order valence-electron chi connectivity index (χ3n) is 4.64. The summed E-state index contributed by atoms with van der Waals surface area (Å²) in [7, 11) is 0. The van der Waals surface area contributed by atoms with E-state index in [4.69, 9.17) is 0 Å². The number of hydrogen-bond donors (Lipinski definition) is 3. The normalized spacial score (nSPS) is 15.7. The van der Waals surface area contributed by atoms with Gasteiger partial charge in [-0.2, -0.15) is 0 Å². The summed E-state index contributed by atoms with van der Waals surface area (Å²) in [5, 5.41) is 23.7. The van der Waals surface area contributed by atoms with Crippen molar-refractivity contribution in [2.24, 2.45) is 4.99 Å². The zero-order valence-electron chi connectivity index (χ0n) is 16.0. The van der Waals surface area contributed by atoms with E-state index in [0.717, 1.165) is 49.9 Å². The van der Waals surface area contributed by atoms with E-state index < -0.39 is 6.10 Å². The standard InChI is InChI=1S/C20H27N5O2.HI/c1-2-22-20(23-15-19(27)16-7-9-21-10-8-16)25-13-11-24(12-14-25)17-5-3-4-6-18(17)26;/h3-10,19,26-27H,2,11-15H2,1H3,(H,22,23);1H. The summed E-state index contributed by atoms with van der Waals surface area (Å²) in [5.74, 6) is 1.12. The molecule has 28 heavy (non-hydrogen) atoms. The van der Waals surface area contributed by atoms with Gasteiger partial charge in [-0.15, -0.1) is 24.0 Å². The Bertz CT molecular complexity index is 751. The Morgan fingerprint density at radius 1 is 1.14 bits per heavy atom. The van der Waals surface area contributed by atoms with Gasteiger partial charge in [0.2, 0.25) is 0 Å². The molecule has 152 valence electrons. The molecule has 0 saturated carbocycles. The molecular weight excluding hydrogens is 469 g/mol. The molecule has 0 spiro atoms. The smallest absolute Gasteiger partial charge is 0.194 e. The van der Waals surface area contributed by atoms with Crippen LogP contribution in [0.3, 0.4) is 0 Å². The number of aliphatic imine (C=N–C) groups is 1. The molecule has 1 aliphatic heterocycles. The van der Waals surface area contributed by atoms with Crippen molar-refractivity contribution >= 4 is 35.6 Å². The molecule has 8 heteroatoms. The summed E-state index contributed by atoms with van der Waals surface area (Å²) >= 11 is 0. The number of nitrogens with one attached hydrogen (secondary N) is 1. The quantitative estimate of drug-likeness (QED) is 0.334. The Morgan fingerprint density at radius 3 is 2.46 bits per heavy atom. The van der Waals surface area contributed by atoms with Crippen LogP contribution in [0.15, 0.2) is 53.8 Å². The zero-order chi connectivity index (χ0) is 19.1. The van der Waals surface area contributed by atoms with Crippen LogP contribution in [-0.4, -0.2) is 65.3 Å². The third kappa shape index (κ3) is 5.71. The number of guanidine groups is 1. The highest BCUT2D eigenvalue weighted by atomic mass is 127. The number of halogens is 1. The van der Waals surface area contributed by atoms with Crippen LogP contribution in [0, 0.1) is 0 Å². The molecule has 2 aromatic rings. The Morgan fingerprint density at radius 2 is 1.82 bits per heavy atom. The second-order valence-corrected chi connectivity index (χ2v) is 6.45. The fourth-order valence-electron chi connectivity index (χ4n) is 3.18. The molecule has 1 atom stereocenters. The molecule has 1 unspecified atom stereocenters. The van der Waals surface area contributed by atoms with Gasteiger partial charge in [0.15, 0.2) is 5.96 Å². The van der Waals surface area contributed by atoms with E-state index in [-0.39, 0.29) is 24.0 Å². The number of nitrogens with zero attached hydrogens (tertiary/aromatic N) is 4. The van der Waals surface area contributed by atoms with Crippen molar-refractivity contribution in [3.63, 3.8) is 0 Å². The van der Waals surface area contributed by atoms with Gasteiger partial charge in [-0.05, 0) is 36.8 Å². The second kappa shape index (κ2) is 11.1. The molecule has 0 aliphatic carbocycles. The first-order valence-corrected chi connectivity index (χ1v) is 9.33. The number of benzene rings is 1. The first kappa shape index (κ1) is 22.2. The maximum Gasteiger partial charge on any atom is 0.194 e. The molecule has 1 aromatic heterocycles. The lowest BCUT2D eigenvalue weighted by atomic mass is 10.1. The summed E-state index contributed by atoms with van der Waals surface area (Å²) in [5.41, 5.74) is 1.68. The molecule has 2 heterocycles. The Balaban J connectivity index is 0.00000280. The molecular formula is C20H28IN5O2. The van der Waals surface area contributed by atoms with Crippen molar-refractivity contribution in [1.29, 1.82) is 0 Å². The van der Waals surface area contributed by atoms with Crippen molar-refractivity contribution < 1.29 is 10.2 Å². The SMILES string of the molecule is CCNC(=NCC(O)c1ccncc1)N1CCN(c2ccccc2O)CC1.I. The van der Waals surface area contributed by atoms with Gasteiger partial charge in [0.05, 0.1) is 18.3 Å². The Labute approximate surface area is 183 Å². The van der Waals surface area contributed by atoms with E-state index in [0.29, 0.717) is 12.3 Å². The molecule has 1 saturated heterocycles. The highest BCUT2D eigenvalue weighted by Gasteiger charge is 2.21. The first-order chi connectivity index (χ1) is 13.2. The molecule has 3 N–H and O–H groups in total. The van der Waals surface area contributed by atoms with Gasteiger partial charge in [-0.1, -0.05) is 12.1 Å². The largest absolute Gasteiger partial charge is 0.506 e. The molecule has 0 amide bonds. The third-order valence-corrected chi connectivity index (χ3v) is 4.64. The molecule has 0 bridgehead atoms. The summed E-state index contributed by atoms with van der Waals surface area (Å²) in [6.45, 7) is 6.30. The molecule has 1 aromatic carbocycles. The average Bonchev–Trinajstić information content (AvgIpc) is 2.72. The van der Waals surface area contributed by atoms with Crippen LogP contribution in [-0.2, 0) is 0 Å². The lowest BCUT2D eigenvalue weighted by molar-refractivity contribution is 0.186. The molecule has 1 aliphatic rings. The molecule has 3 rings (SSSR count). The maximum atomic E-state index is 10.3. The highest BCUT2D eigenvalue weighted by molar-refractivity contribution is 14.0. The topological polar surface area (TPSA) is 84.2 Å². The van der Waals surface area contributed by atoms with Gasteiger partial charge in [-0.3, -0.25) is 9.98 Å². The minimum Gasteiger partial charge on any atom is -0.506 e. The lowest BCUT2D eigenvalue weighted by Crippen LogP contribution is -2.52. The lowest BCUT2D eigenvalue weighted by Gasteiger charge is -2.38. The predicted octanol–water partition coefficient (Wildman–Crippen LogP) is 2.23. The predicted molar refractivity (Wildman–Crippen MR) is 122 cm³/mol. The number of anilines is 1. The van der Waals surface area contributed by atoms with E-state index in [1.807, 2.05) is 25.1 Å². The number of para-hydroxylation sites is 2. The monoisotopic (exact) mass is 497 g/mol. The zero-order valence-corrected chi connectivity index (χ0v) is 18.4. The van der Waals surface area contributed by atoms with Crippen molar-refractivity contribution in [3.8, 4) is 5.75 Å². The van der Waals surface area contributed by atoms with Crippen molar-refractivity contribution in [1.82, 2.24) is 15.2 Å². The van der Waals surface area contributed by atoms with Crippen LogP contribution in [0.5, 0.6) is 5.75 Å². The molecule has 1 fully saturated rings. The van der Waals surface area contributed by atoms with E-state index in [9.17, 15) is 10.2 Å². The van der Waals surface area contributed by atoms with Gasteiger partial charge in [0.25, 0.3) is 0 Å². The summed E-state index contributed by atoms with van der Waals surface area (Å²) in [6.07, 6.45) is 2.70. The number of hydrogen-bond acceptors (Lipinski definition) is 5. The van der Waals surface area contributed by atoms with Crippen LogP contribution >= 0.6 is 24.0 Å². The van der Waals surface area contributed by atoms with Gasteiger partial charge < -0.3 is 25.3 Å². The van der Waals surface area contributed by atoms with Crippen LogP contribution in [0.4, 0.5) is 5.69 Å². The molecule has 7 nitrogen and oxygen atoms in total. The van der Waals surface area contributed by atoms with Crippen LogP contribution < -0.4 is 10.2 Å². The van der Waals surface area contributed by atoms with Gasteiger partial charge >= 0.3 is 0 Å². The van der Waals surface area contributed by atoms with Crippen molar-refractivity contribution in [3.05, 3.63) is 54.4 Å². The van der Waals surface area contributed by atoms with Crippen LogP contribution in [0.2, 0.25) is 0 Å². The number of pyridine rings is 1. The summed E-state index contributed by atoms with van der Waals surface area (Å²) < 4.78 is 0. The fourth-order valence-corrected chi connectivity index (χ4v) is 3.18. The average molecular weight is 497 g/mol. The number of aromatic nitrogens is 1. The van der Waals surface area contributed by atoms with Crippen LogP contribution in [0.1, 0.15) is 18.6 Å². The maximum absolute atomic E-state index is 10.3. The minimum atomic E-state index is -0.649. The van der Waals surface area contributed by atoms with E-state index in [1.54, 1.807) is 30.6 Å². The van der Waals surface area contributed by atoms with Gasteiger partial charge in [-0.25, -0.2) is 0 Å². The second-order valence-electron chi connectivity index (χ2n) is 6.45. The number of aliphatic hydroxyl groups is 1. The highest BCUT2D eigenvalue weighted by Crippen LogP contribution is 2.27. The van der Waals surface area contributed by atoms with Crippen molar-refractivity contribution in [2.75, 3.05) is 44.2 Å². The number of phenols is 1. The van der Waals surface area contributed by atoms with E-state index >= 15 is 0 Å². The summed E-state index contributed by atoms with van der Waals surface area (Å²) in [4.78, 5) is 13.0. The van der Waals surface area contributed by atoms with E-state index in [2.05, 4.69) is 25.1 Å². The minimum absolute atomic E-state index is 0. The molecule has 0 radical (unpaired) electrons. The first-order valence-electron chi connectivity index (χ1n) is 9.33. The summed E-state index contributed by atoms with van der Waals surface area (Å²) in [6, 6.07) is 11.0. The number of phenolic OH excluding ortho intramolecular Hbond substituents is 1. The van der Waals surface area contributed by atoms with Crippen LogP contribution in [0.25, 0.3) is 0 Å². The number of aromatic hydroxyl groups is 1. The fraction of sp³-hybridized carbons (Fsp3) is 0.400. The Kier molecular flexibility index (Phi) is 8.78. The number of rotatable bonds is 5. The number of piperazine rings is 1. The number of aliphatic hydroxyl groups excluding tert-OH is 1. The van der Waals surface area contributed by atoms with Gasteiger partial charge in [0.1, 0.15) is 5.75 Å². The van der Waals surface area contributed by atoms with Gasteiger partial charge in [0, 0.05) is 45.1 Å². The van der Waals surface area contributed by atoms with E-state index in [1.165, 1.54) is 0 Å².